The number of rotatable bonds is 0. The molecule has 1 atom stereocenters. The molecule has 1 aliphatic heterocycles. The maximum atomic E-state index is 3.34. The first kappa shape index (κ1) is 5.45. The molecule has 1 heterocycles. The minimum Gasteiger partial charge on any atom is -0.306 e. The highest BCUT2D eigenvalue weighted by atomic mass is 32.2. The van der Waals surface area contributed by atoms with E-state index in [1.54, 1.807) is 0 Å². The van der Waals surface area contributed by atoms with E-state index in [1.807, 2.05) is 11.8 Å². The van der Waals surface area contributed by atoms with Gasteiger partial charge in [0.2, 0.25) is 0 Å². The van der Waals surface area contributed by atoms with Crippen LogP contribution in [0.1, 0.15) is 13.3 Å². The fraction of sp³-hybridized carbons (Fsp3) is 1.00. The highest BCUT2D eigenvalue weighted by Gasteiger charge is 2.04. The Morgan fingerprint density at radius 1 is 1.71 bits per heavy atom. The Hall–Kier alpha value is 0.310. The third-order valence-electron chi connectivity index (χ3n) is 1.12. The van der Waals surface area contributed by atoms with E-state index < -0.39 is 0 Å². The maximum Gasteiger partial charge on any atom is 0.0503 e. The maximum absolute atomic E-state index is 3.34. The lowest BCUT2D eigenvalue weighted by molar-refractivity contribution is 0.652. The Morgan fingerprint density at radius 2 is 2.57 bits per heavy atom. The molecule has 1 saturated heterocycles. The molecule has 0 unspecified atom stereocenters. The van der Waals surface area contributed by atoms with Crippen LogP contribution in [-0.4, -0.2) is 17.7 Å². The van der Waals surface area contributed by atoms with Gasteiger partial charge in [-0.25, -0.2) is 0 Å². The van der Waals surface area contributed by atoms with E-state index in [0.717, 1.165) is 0 Å². The van der Waals surface area contributed by atoms with Crippen LogP contribution in [0.4, 0.5) is 0 Å². The second-order valence-corrected chi connectivity index (χ2v) is 3.27. The van der Waals surface area contributed by atoms with E-state index in [-0.39, 0.29) is 0 Å². The fourth-order valence-corrected chi connectivity index (χ4v) is 1.60. The van der Waals surface area contributed by atoms with E-state index in [1.165, 1.54) is 18.7 Å². The minimum atomic E-state index is 0.703. The summed E-state index contributed by atoms with van der Waals surface area (Å²) in [6, 6.07) is 0. The van der Waals surface area contributed by atoms with Crippen LogP contribution < -0.4 is 5.32 Å². The lowest BCUT2D eigenvalue weighted by Gasteiger charge is -2.17. The van der Waals surface area contributed by atoms with Gasteiger partial charge < -0.3 is 5.32 Å². The number of hydrogen-bond donors (Lipinski definition) is 1. The molecule has 0 aromatic heterocycles. The largest absolute Gasteiger partial charge is 0.306 e. The molecule has 0 aromatic carbocycles. The molecule has 0 radical (unpaired) electrons. The zero-order valence-corrected chi connectivity index (χ0v) is 5.42. The van der Waals surface area contributed by atoms with Crippen LogP contribution in [0.25, 0.3) is 0 Å². The van der Waals surface area contributed by atoms with E-state index >= 15 is 0 Å². The summed E-state index contributed by atoms with van der Waals surface area (Å²) in [6.45, 7) is 3.43. The molecular formula is C5H11NS. The predicted octanol–water partition coefficient (Wildman–Crippen LogP) is 1.06. The third kappa shape index (κ3) is 1.70. The summed E-state index contributed by atoms with van der Waals surface area (Å²) in [4.78, 5) is 0. The average molecular weight is 117 g/mol. The first-order valence-corrected chi connectivity index (χ1v) is 3.79. The molecule has 7 heavy (non-hydrogen) atoms. The predicted molar refractivity (Wildman–Crippen MR) is 34.5 cm³/mol. The zero-order valence-electron chi connectivity index (χ0n) is 4.61. The summed E-state index contributed by atoms with van der Waals surface area (Å²) >= 11 is 2.01. The summed E-state index contributed by atoms with van der Waals surface area (Å²) in [5.41, 5.74) is 0. The fourth-order valence-electron chi connectivity index (χ4n) is 0.697. The minimum absolute atomic E-state index is 0.703. The van der Waals surface area contributed by atoms with Crippen molar-refractivity contribution in [2.75, 3.05) is 12.3 Å². The van der Waals surface area contributed by atoms with Crippen LogP contribution in [-0.2, 0) is 0 Å². The first-order valence-electron chi connectivity index (χ1n) is 2.74. The molecule has 0 saturated carbocycles. The number of hydrogen-bond acceptors (Lipinski definition) is 2. The summed E-state index contributed by atoms with van der Waals surface area (Å²) in [7, 11) is 0. The molecule has 1 N–H and O–H groups in total. The van der Waals surface area contributed by atoms with Gasteiger partial charge in [0.1, 0.15) is 0 Å². The highest BCUT2D eigenvalue weighted by molar-refractivity contribution is 7.99. The van der Waals surface area contributed by atoms with Gasteiger partial charge in [0.05, 0.1) is 5.37 Å². The van der Waals surface area contributed by atoms with E-state index in [0.29, 0.717) is 5.37 Å². The summed E-state index contributed by atoms with van der Waals surface area (Å²) in [5, 5.41) is 4.05. The third-order valence-corrected chi connectivity index (χ3v) is 2.31. The summed E-state index contributed by atoms with van der Waals surface area (Å²) in [5.74, 6) is 1.34. The summed E-state index contributed by atoms with van der Waals surface area (Å²) in [6.07, 6.45) is 1.34. The van der Waals surface area contributed by atoms with Crippen molar-refractivity contribution in [2.24, 2.45) is 0 Å². The van der Waals surface area contributed by atoms with E-state index in [9.17, 15) is 0 Å². The quantitative estimate of drug-likeness (QED) is 0.509. The van der Waals surface area contributed by atoms with Gasteiger partial charge in [-0.3, -0.25) is 0 Å². The molecule has 0 aromatic rings. The van der Waals surface area contributed by atoms with Gasteiger partial charge in [-0.05, 0) is 25.6 Å². The van der Waals surface area contributed by atoms with Gasteiger partial charge in [-0.2, -0.15) is 0 Å². The van der Waals surface area contributed by atoms with Gasteiger partial charge in [0, 0.05) is 0 Å². The molecule has 0 amide bonds. The van der Waals surface area contributed by atoms with E-state index in [4.69, 9.17) is 0 Å². The lowest BCUT2D eigenvalue weighted by atomic mass is 10.5. The molecule has 42 valence electrons. The molecule has 0 bridgehead atoms. The molecule has 0 spiro atoms. The highest BCUT2D eigenvalue weighted by Crippen LogP contribution is 2.12. The van der Waals surface area contributed by atoms with Gasteiger partial charge in [-0.15, -0.1) is 11.8 Å². The van der Waals surface area contributed by atoms with Crippen molar-refractivity contribution in [1.29, 1.82) is 0 Å². The molecular weight excluding hydrogens is 106 g/mol. The normalized spacial score (nSPS) is 33.0. The Bertz CT molecular complexity index is 50.0. The number of thioether (sulfide) groups is 1. The van der Waals surface area contributed by atoms with Crippen LogP contribution in [0.3, 0.4) is 0 Å². The van der Waals surface area contributed by atoms with Crippen molar-refractivity contribution >= 4 is 11.8 Å². The number of nitrogens with one attached hydrogen (secondary N) is 1. The SMILES string of the molecule is C[C@H]1NCCCS1. The second-order valence-electron chi connectivity index (χ2n) is 1.82. The summed E-state index contributed by atoms with van der Waals surface area (Å²) < 4.78 is 0. The Balaban J connectivity index is 2.12. The molecule has 1 nitrogen and oxygen atoms in total. The Labute approximate surface area is 48.9 Å². The van der Waals surface area contributed by atoms with Crippen molar-refractivity contribution in [1.82, 2.24) is 5.32 Å². The Kier molecular flexibility index (Phi) is 2.00. The Morgan fingerprint density at radius 3 is 2.86 bits per heavy atom. The molecule has 1 fully saturated rings. The van der Waals surface area contributed by atoms with Crippen molar-refractivity contribution in [3.63, 3.8) is 0 Å². The van der Waals surface area contributed by atoms with Crippen LogP contribution in [0.5, 0.6) is 0 Å². The zero-order chi connectivity index (χ0) is 5.11. The molecule has 0 aliphatic carbocycles. The van der Waals surface area contributed by atoms with Crippen LogP contribution in [0.15, 0.2) is 0 Å². The van der Waals surface area contributed by atoms with E-state index in [2.05, 4.69) is 12.2 Å². The smallest absolute Gasteiger partial charge is 0.0503 e. The van der Waals surface area contributed by atoms with Crippen molar-refractivity contribution in [3.8, 4) is 0 Å². The first-order chi connectivity index (χ1) is 3.39. The molecule has 1 rings (SSSR count). The second kappa shape index (κ2) is 2.58. The van der Waals surface area contributed by atoms with Crippen LogP contribution in [0.2, 0.25) is 0 Å². The lowest BCUT2D eigenvalue weighted by Crippen LogP contribution is -2.28. The van der Waals surface area contributed by atoms with Gasteiger partial charge >= 0.3 is 0 Å². The van der Waals surface area contributed by atoms with Crippen LogP contribution in [0, 0.1) is 0 Å². The van der Waals surface area contributed by atoms with Crippen molar-refractivity contribution < 1.29 is 0 Å². The monoisotopic (exact) mass is 117 g/mol. The van der Waals surface area contributed by atoms with Crippen molar-refractivity contribution in [3.05, 3.63) is 0 Å². The standard InChI is InChI=1S/C5H11NS/c1-5-6-3-2-4-7-5/h5-6H,2-4H2,1H3/t5-/m0/s1. The average Bonchev–Trinajstić information content (AvgIpc) is 1.69. The van der Waals surface area contributed by atoms with Gasteiger partial charge in [-0.1, -0.05) is 0 Å². The molecule has 2 heteroatoms. The van der Waals surface area contributed by atoms with Gasteiger partial charge in [0.15, 0.2) is 0 Å². The van der Waals surface area contributed by atoms with Crippen molar-refractivity contribution in [2.45, 2.75) is 18.7 Å². The van der Waals surface area contributed by atoms with Crippen LogP contribution >= 0.6 is 11.8 Å². The molecule has 1 aliphatic rings. The topological polar surface area (TPSA) is 12.0 Å². The van der Waals surface area contributed by atoms with Gasteiger partial charge in [0.25, 0.3) is 0 Å².